The normalized spacial score (nSPS) is 11.9. The summed E-state index contributed by atoms with van der Waals surface area (Å²) in [5, 5.41) is 13.5. The van der Waals surface area contributed by atoms with E-state index in [-0.39, 0.29) is 10.3 Å². The minimum absolute atomic E-state index is 0.227. The molecule has 0 aliphatic heterocycles. The quantitative estimate of drug-likeness (QED) is 0.246. The molecule has 0 radical (unpaired) electrons. The van der Waals surface area contributed by atoms with Gasteiger partial charge in [0.25, 0.3) is 0 Å². The van der Waals surface area contributed by atoms with Crippen LogP contribution in [0.5, 0.6) is 0 Å². The van der Waals surface area contributed by atoms with Crippen molar-refractivity contribution in [1.29, 1.82) is 0 Å². The molecule has 8 heteroatoms. The lowest BCUT2D eigenvalue weighted by Crippen LogP contribution is -2.09. The second-order valence-electron chi connectivity index (χ2n) is 6.14. The predicted octanol–water partition coefficient (Wildman–Crippen LogP) is 5.34. The molecule has 0 spiro atoms. The molecule has 0 aliphatic carbocycles. The van der Waals surface area contributed by atoms with Crippen LogP contribution in [0.4, 0.5) is 11.5 Å². The lowest BCUT2D eigenvalue weighted by atomic mass is 10.1. The fraction of sp³-hybridized carbons (Fsp3) is 0.0476. The van der Waals surface area contributed by atoms with E-state index < -0.39 is 11.2 Å². The third-order valence-corrected chi connectivity index (χ3v) is 5.40. The van der Waals surface area contributed by atoms with E-state index >= 15 is 0 Å². The Morgan fingerprint density at radius 1 is 1.03 bits per heavy atom. The molecule has 4 rings (SSSR count). The average molecular weight is 423 g/mol. The van der Waals surface area contributed by atoms with Gasteiger partial charge >= 0.3 is 5.97 Å². The molecule has 2 aromatic carbocycles. The van der Waals surface area contributed by atoms with Gasteiger partial charge in [-0.05, 0) is 29.8 Å². The number of carboxylic acids is 1. The Bertz CT molecular complexity index is 1170. The molecule has 0 saturated heterocycles. The Balaban J connectivity index is 1.60. The van der Waals surface area contributed by atoms with Crippen LogP contribution in [0.15, 0.2) is 78.1 Å². The molecule has 0 aliphatic rings. The molecule has 2 N–H and O–H groups in total. The van der Waals surface area contributed by atoms with Crippen LogP contribution in [0.2, 0.25) is 5.15 Å². The zero-order valence-electron chi connectivity index (χ0n) is 15.0. The Labute approximate surface area is 176 Å². The zero-order chi connectivity index (χ0) is 20.2. The fourth-order valence-corrected chi connectivity index (χ4v) is 3.95. The molecule has 6 nitrogen and oxygen atoms in total. The van der Waals surface area contributed by atoms with Gasteiger partial charge in [-0.2, -0.15) is 0 Å². The summed E-state index contributed by atoms with van der Waals surface area (Å²) < 4.78 is 0. The number of pyridine rings is 1. The van der Waals surface area contributed by atoms with Gasteiger partial charge in [0.05, 0.1) is 5.52 Å². The average Bonchev–Trinajstić information content (AvgIpc) is 2.72. The summed E-state index contributed by atoms with van der Waals surface area (Å²) in [6, 6.07) is 20.2. The van der Waals surface area contributed by atoms with E-state index in [0.29, 0.717) is 11.4 Å². The minimum atomic E-state index is -0.971. The maximum absolute atomic E-state index is 11.8. The highest BCUT2D eigenvalue weighted by Crippen LogP contribution is 2.35. The number of hydrogen-bond acceptors (Lipinski definition) is 6. The standard InChI is InChI=1S/C21H15ClN4O2S/c22-17-12-18(24-15-8-9-16-14(11-15)7-4-10-23-16)26-21(25-17)29-19(20(27)28)13-5-2-1-3-6-13/h1-12,19H,(H,27,28)(H,24,25,26). The van der Waals surface area contributed by atoms with Crippen molar-refractivity contribution in [3.8, 4) is 0 Å². The maximum atomic E-state index is 11.8. The van der Waals surface area contributed by atoms with Crippen molar-refractivity contribution < 1.29 is 9.90 Å². The summed E-state index contributed by atoms with van der Waals surface area (Å²) in [4.78, 5) is 24.7. The van der Waals surface area contributed by atoms with E-state index in [2.05, 4.69) is 20.3 Å². The monoisotopic (exact) mass is 422 g/mol. The van der Waals surface area contributed by atoms with Crippen LogP contribution >= 0.6 is 23.4 Å². The van der Waals surface area contributed by atoms with Crippen molar-refractivity contribution in [3.63, 3.8) is 0 Å². The number of rotatable bonds is 6. The Morgan fingerprint density at radius 3 is 2.66 bits per heavy atom. The van der Waals surface area contributed by atoms with Crippen LogP contribution in [0.25, 0.3) is 10.9 Å². The van der Waals surface area contributed by atoms with Crippen molar-refractivity contribution in [2.45, 2.75) is 10.4 Å². The molecular weight excluding hydrogens is 408 g/mol. The summed E-state index contributed by atoms with van der Waals surface area (Å²) in [6.45, 7) is 0. The highest BCUT2D eigenvalue weighted by molar-refractivity contribution is 8.00. The molecule has 2 aromatic heterocycles. The number of nitrogens with one attached hydrogen (secondary N) is 1. The van der Waals surface area contributed by atoms with Crippen molar-refractivity contribution in [1.82, 2.24) is 15.0 Å². The number of carbonyl (C=O) groups is 1. The van der Waals surface area contributed by atoms with Gasteiger partial charge < -0.3 is 10.4 Å². The lowest BCUT2D eigenvalue weighted by Gasteiger charge is -2.13. The SMILES string of the molecule is O=C(O)C(Sc1nc(Cl)cc(Nc2ccc3ncccc3c2)n1)c1ccccc1. The number of nitrogens with zero attached hydrogens (tertiary/aromatic N) is 3. The highest BCUT2D eigenvalue weighted by atomic mass is 35.5. The number of carboxylic acid groups (broad SMARTS) is 1. The molecule has 0 amide bonds. The number of aliphatic carboxylic acids is 1. The number of benzene rings is 2. The van der Waals surface area contributed by atoms with Crippen molar-refractivity contribution >= 4 is 51.7 Å². The second kappa shape index (κ2) is 8.46. The van der Waals surface area contributed by atoms with Crippen molar-refractivity contribution in [2.24, 2.45) is 0 Å². The van der Waals surface area contributed by atoms with E-state index in [1.165, 1.54) is 0 Å². The lowest BCUT2D eigenvalue weighted by molar-refractivity contribution is -0.136. The summed E-state index contributed by atoms with van der Waals surface area (Å²) in [6.07, 6.45) is 1.74. The Kier molecular flexibility index (Phi) is 5.59. The van der Waals surface area contributed by atoms with Crippen LogP contribution in [-0.2, 0) is 4.79 Å². The molecule has 144 valence electrons. The van der Waals surface area contributed by atoms with E-state index in [1.54, 1.807) is 36.5 Å². The van der Waals surface area contributed by atoms with Crippen molar-refractivity contribution in [3.05, 3.63) is 83.6 Å². The first-order chi connectivity index (χ1) is 14.1. The fourth-order valence-electron chi connectivity index (χ4n) is 2.81. The van der Waals surface area contributed by atoms with Gasteiger partial charge in [-0.25, -0.2) is 9.97 Å². The molecule has 1 atom stereocenters. The van der Waals surface area contributed by atoms with Crippen LogP contribution in [0, 0.1) is 0 Å². The molecule has 2 heterocycles. The minimum Gasteiger partial charge on any atom is -0.480 e. The summed E-state index contributed by atoms with van der Waals surface area (Å²) >= 11 is 7.19. The molecule has 0 saturated carbocycles. The summed E-state index contributed by atoms with van der Waals surface area (Å²) in [7, 11) is 0. The van der Waals surface area contributed by atoms with Crippen LogP contribution in [-0.4, -0.2) is 26.0 Å². The topological polar surface area (TPSA) is 88.0 Å². The number of thioether (sulfide) groups is 1. The molecule has 1 unspecified atom stereocenters. The van der Waals surface area contributed by atoms with Crippen molar-refractivity contribution in [2.75, 3.05) is 5.32 Å². The van der Waals surface area contributed by atoms with E-state index in [1.807, 2.05) is 36.4 Å². The molecule has 0 fully saturated rings. The molecular formula is C21H15ClN4O2S. The van der Waals surface area contributed by atoms with Crippen LogP contribution in [0.1, 0.15) is 10.8 Å². The van der Waals surface area contributed by atoms with E-state index in [9.17, 15) is 9.90 Å². The molecule has 4 aromatic rings. The van der Waals surface area contributed by atoms with Gasteiger partial charge in [-0.1, -0.05) is 59.8 Å². The van der Waals surface area contributed by atoms with Crippen LogP contribution < -0.4 is 5.32 Å². The summed E-state index contributed by atoms with van der Waals surface area (Å²) in [5.41, 5.74) is 2.36. The first-order valence-corrected chi connectivity index (χ1v) is 9.95. The largest absolute Gasteiger partial charge is 0.480 e. The number of fused-ring (bicyclic) bond motifs is 1. The smallest absolute Gasteiger partial charge is 0.321 e. The third-order valence-electron chi connectivity index (χ3n) is 4.10. The van der Waals surface area contributed by atoms with Gasteiger partial charge in [0.2, 0.25) is 0 Å². The van der Waals surface area contributed by atoms with Gasteiger partial charge in [-0.3, -0.25) is 9.78 Å². The maximum Gasteiger partial charge on any atom is 0.321 e. The van der Waals surface area contributed by atoms with Gasteiger partial charge in [-0.15, -0.1) is 0 Å². The molecule has 29 heavy (non-hydrogen) atoms. The summed E-state index contributed by atoms with van der Waals surface area (Å²) in [5.74, 6) is -0.491. The third kappa shape index (κ3) is 4.64. The number of hydrogen-bond donors (Lipinski definition) is 2. The number of halogens is 1. The first kappa shape index (κ1) is 19.2. The van der Waals surface area contributed by atoms with Gasteiger partial charge in [0.15, 0.2) is 5.16 Å². The predicted molar refractivity (Wildman–Crippen MR) is 115 cm³/mol. The van der Waals surface area contributed by atoms with Crippen LogP contribution in [0.3, 0.4) is 0 Å². The zero-order valence-corrected chi connectivity index (χ0v) is 16.6. The van der Waals surface area contributed by atoms with E-state index in [0.717, 1.165) is 28.4 Å². The second-order valence-corrected chi connectivity index (χ2v) is 7.60. The number of anilines is 2. The number of aromatic nitrogens is 3. The Hall–Kier alpha value is -3.16. The molecule has 0 bridgehead atoms. The van der Waals surface area contributed by atoms with Gasteiger partial charge in [0, 0.05) is 23.3 Å². The first-order valence-electron chi connectivity index (χ1n) is 8.69. The highest BCUT2D eigenvalue weighted by Gasteiger charge is 2.23. The van der Waals surface area contributed by atoms with E-state index in [4.69, 9.17) is 11.6 Å². The Morgan fingerprint density at radius 2 is 1.86 bits per heavy atom. The van der Waals surface area contributed by atoms with Gasteiger partial charge in [0.1, 0.15) is 16.2 Å².